The van der Waals surface area contributed by atoms with E-state index in [0.29, 0.717) is 16.3 Å². The van der Waals surface area contributed by atoms with Crippen molar-refractivity contribution in [3.8, 4) is 11.5 Å². The molecule has 0 aliphatic carbocycles. The van der Waals surface area contributed by atoms with Crippen LogP contribution >= 0.6 is 11.6 Å². The van der Waals surface area contributed by atoms with Gasteiger partial charge in [0.25, 0.3) is 0 Å². The number of carbonyl (C=O) groups excluding carboxylic acids is 1. The fraction of sp³-hybridized carbons (Fsp3) is 0.0556. The van der Waals surface area contributed by atoms with Crippen molar-refractivity contribution in [2.75, 3.05) is 7.11 Å². The molecule has 0 saturated carbocycles. The molecule has 6 nitrogen and oxygen atoms in total. The highest BCUT2D eigenvalue weighted by Crippen LogP contribution is 2.28. The first-order chi connectivity index (χ1) is 12.0. The van der Waals surface area contributed by atoms with Gasteiger partial charge in [0, 0.05) is 17.2 Å². The number of methoxy groups -OCH3 is 1. The van der Waals surface area contributed by atoms with E-state index < -0.39 is 10.9 Å². The van der Waals surface area contributed by atoms with E-state index in [-0.39, 0.29) is 5.75 Å². The molecule has 2 aromatic rings. The maximum atomic E-state index is 11.9. The molecule has 0 heterocycles. The average Bonchev–Trinajstić information content (AvgIpc) is 2.60. The Labute approximate surface area is 149 Å². The number of ether oxygens (including phenoxy) is 2. The maximum absolute atomic E-state index is 11.9. The van der Waals surface area contributed by atoms with Crippen LogP contribution in [-0.4, -0.2) is 18.0 Å². The van der Waals surface area contributed by atoms with Crippen LogP contribution < -0.4 is 9.47 Å². The van der Waals surface area contributed by atoms with Crippen LogP contribution in [0.3, 0.4) is 0 Å². The van der Waals surface area contributed by atoms with Crippen molar-refractivity contribution < 1.29 is 19.2 Å². The van der Waals surface area contributed by atoms with Crippen molar-refractivity contribution in [2.24, 2.45) is 0 Å². The number of halogens is 1. The molecular weight excluding hydrogens is 346 g/mol. The van der Waals surface area contributed by atoms with Crippen LogP contribution in [-0.2, 0) is 4.79 Å². The molecule has 0 aromatic heterocycles. The summed E-state index contributed by atoms with van der Waals surface area (Å²) in [5, 5.41) is 11.0. The van der Waals surface area contributed by atoms with Crippen molar-refractivity contribution in [1.82, 2.24) is 0 Å². The molecule has 0 aliphatic rings. The molecule has 0 fully saturated rings. The number of nitrogens with zero attached hydrogens (tertiary/aromatic N) is 1. The minimum atomic E-state index is -0.582. The van der Waals surface area contributed by atoms with Gasteiger partial charge in [-0.25, -0.2) is 4.79 Å². The molecule has 0 amide bonds. The second-order valence-electron chi connectivity index (χ2n) is 4.82. The fourth-order valence-corrected chi connectivity index (χ4v) is 2.03. The van der Waals surface area contributed by atoms with Crippen molar-refractivity contribution in [3.05, 3.63) is 81.0 Å². The third-order valence-corrected chi connectivity index (χ3v) is 3.32. The third-order valence-electron chi connectivity index (χ3n) is 3.07. The summed E-state index contributed by atoms with van der Waals surface area (Å²) in [5.41, 5.74) is 1.35. The van der Waals surface area contributed by atoms with Gasteiger partial charge in [0.2, 0.25) is 6.20 Å². The highest BCUT2D eigenvalue weighted by atomic mass is 35.5. The van der Waals surface area contributed by atoms with Gasteiger partial charge < -0.3 is 9.47 Å². The molecule has 0 unspecified atom stereocenters. The van der Waals surface area contributed by atoms with Gasteiger partial charge in [-0.2, -0.15) is 0 Å². The summed E-state index contributed by atoms with van der Waals surface area (Å²) in [6, 6.07) is 11.6. The lowest BCUT2D eigenvalue weighted by Crippen LogP contribution is -2.05. The van der Waals surface area contributed by atoms with Gasteiger partial charge in [0.15, 0.2) is 11.5 Å². The predicted octanol–water partition coefficient (Wildman–Crippen LogP) is 4.21. The number of hydrogen-bond acceptors (Lipinski definition) is 5. The largest absolute Gasteiger partial charge is 0.493 e. The van der Waals surface area contributed by atoms with Gasteiger partial charge in [0.05, 0.1) is 12.0 Å². The van der Waals surface area contributed by atoms with Gasteiger partial charge in [-0.15, -0.1) is 0 Å². The zero-order valence-electron chi connectivity index (χ0n) is 13.2. The summed E-state index contributed by atoms with van der Waals surface area (Å²) in [5.74, 6) is -0.0768. The van der Waals surface area contributed by atoms with E-state index in [0.717, 1.165) is 11.8 Å². The summed E-state index contributed by atoms with van der Waals surface area (Å²) < 4.78 is 10.4. The number of esters is 1. The monoisotopic (exact) mass is 359 g/mol. The van der Waals surface area contributed by atoms with E-state index in [2.05, 4.69) is 0 Å². The molecule has 0 atom stereocenters. The minimum absolute atomic E-state index is 0.214. The molecule has 25 heavy (non-hydrogen) atoms. The first-order valence-electron chi connectivity index (χ1n) is 7.13. The molecule has 2 aromatic carbocycles. The normalized spacial score (nSPS) is 11.0. The number of rotatable bonds is 6. The van der Waals surface area contributed by atoms with Crippen LogP contribution in [0.25, 0.3) is 12.2 Å². The highest BCUT2D eigenvalue weighted by Gasteiger charge is 2.08. The van der Waals surface area contributed by atoms with Crippen LogP contribution in [0.15, 0.2) is 54.7 Å². The third kappa shape index (κ3) is 5.78. The summed E-state index contributed by atoms with van der Waals surface area (Å²) in [4.78, 5) is 21.7. The van der Waals surface area contributed by atoms with Crippen molar-refractivity contribution >= 4 is 29.7 Å². The van der Waals surface area contributed by atoms with E-state index in [4.69, 9.17) is 21.1 Å². The quantitative estimate of drug-likeness (QED) is 0.254. The average molecular weight is 360 g/mol. The second-order valence-corrected chi connectivity index (χ2v) is 5.25. The summed E-state index contributed by atoms with van der Waals surface area (Å²) in [6.07, 6.45) is 5.01. The Hall–Kier alpha value is -3.12. The van der Waals surface area contributed by atoms with Crippen molar-refractivity contribution in [3.63, 3.8) is 0 Å². The van der Waals surface area contributed by atoms with Crippen LogP contribution in [0.5, 0.6) is 11.5 Å². The first-order valence-corrected chi connectivity index (χ1v) is 7.51. The molecular formula is C18H14ClNO5. The Kier molecular flexibility index (Phi) is 6.31. The second kappa shape index (κ2) is 8.65. The van der Waals surface area contributed by atoms with E-state index >= 15 is 0 Å². The summed E-state index contributed by atoms with van der Waals surface area (Å²) in [7, 11) is 1.41. The van der Waals surface area contributed by atoms with Crippen molar-refractivity contribution in [1.29, 1.82) is 0 Å². The molecule has 128 valence electrons. The lowest BCUT2D eigenvalue weighted by molar-refractivity contribution is -0.400. The number of carbonyl (C=O) groups is 1. The van der Waals surface area contributed by atoms with Gasteiger partial charge in [0.1, 0.15) is 0 Å². The van der Waals surface area contributed by atoms with Crippen LogP contribution in [0, 0.1) is 10.1 Å². The molecule has 0 spiro atoms. The molecule has 0 radical (unpaired) electrons. The van der Waals surface area contributed by atoms with Crippen LogP contribution in [0.1, 0.15) is 11.1 Å². The minimum Gasteiger partial charge on any atom is -0.493 e. The number of hydrogen-bond donors (Lipinski definition) is 0. The predicted molar refractivity (Wildman–Crippen MR) is 95.1 cm³/mol. The van der Waals surface area contributed by atoms with Gasteiger partial charge in [-0.05, 0) is 41.5 Å². The van der Waals surface area contributed by atoms with Crippen molar-refractivity contribution in [2.45, 2.75) is 0 Å². The topological polar surface area (TPSA) is 78.7 Å². The Bertz CT molecular complexity index is 828. The highest BCUT2D eigenvalue weighted by molar-refractivity contribution is 6.30. The smallest absolute Gasteiger partial charge is 0.336 e. The van der Waals surface area contributed by atoms with Crippen LogP contribution in [0.2, 0.25) is 5.02 Å². The molecule has 0 aliphatic heterocycles. The number of nitro groups is 1. The van der Waals surface area contributed by atoms with E-state index in [1.54, 1.807) is 36.4 Å². The zero-order valence-corrected chi connectivity index (χ0v) is 14.0. The number of benzene rings is 2. The Morgan fingerprint density at radius 1 is 1.08 bits per heavy atom. The van der Waals surface area contributed by atoms with Gasteiger partial charge >= 0.3 is 5.97 Å². The lowest BCUT2D eigenvalue weighted by atomic mass is 10.2. The zero-order chi connectivity index (χ0) is 18.2. The first kappa shape index (κ1) is 18.2. The SMILES string of the molecule is COc1cc(/C=C/[N+](=O)[O-])ccc1OC(=O)/C=C/c1ccc(Cl)cc1. The Morgan fingerprint density at radius 2 is 1.76 bits per heavy atom. The molecule has 0 saturated heterocycles. The molecule has 2 rings (SSSR count). The van der Waals surface area contributed by atoms with Crippen LogP contribution in [0.4, 0.5) is 0 Å². The van der Waals surface area contributed by atoms with Gasteiger partial charge in [-0.1, -0.05) is 29.8 Å². The Morgan fingerprint density at radius 3 is 2.40 bits per heavy atom. The van der Waals surface area contributed by atoms with E-state index in [9.17, 15) is 14.9 Å². The maximum Gasteiger partial charge on any atom is 0.336 e. The standard InChI is InChI=1S/C18H14ClNO5/c1-24-17-12-14(10-11-20(22)23)4-8-16(17)25-18(21)9-5-13-2-6-15(19)7-3-13/h2-12H,1H3/b9-5+,11-10+. The summed E-state index contributed by atoms with van der Waals surface area (Å²) in [6.45, 7) is 0. The fourth-order valence-electron chi connectivity index (χ4n) is 1.90. The Balaban J connectivity index is 2.09. The molecule has 0 N–H and O–H groups in total. The molecule has 7 heteroatoms. The summed E-state index contributed by atoms with van der Waals surface area (Å²) >= 11 is 5.80. The van der Waals surface area contributed by atoms with E-state index in [1.165, 1.54) is 31.4 Å². The lowest BCUT2D eigenvalue weighted by Gasteiger charge is -2.08. The van der Waals surface area contributed by atoms with Gasteiger partial charge in [-0.3, -0.25) is 10.1 Å². The molecule has 0 bridgehead atoms. The van der Waals surface area contributed by atoms with E-state index in [1.807, 2.05) is 0 Å².